The van der Waals surface area contributed by atoms with Crippen LogP contribution in [0.1, 0.15) is 27.1 Å². The lowest BCUT2D eigenvalue weighted by atomic mass is 10.0. The molecule has 0 saturated heterocycles. The van der Waals surface area contributed by atoms with E-state index >= 15 is 0 Å². The summed E-state index contributed by atoms with van der Waals surface area (Å²) in [5.74, 6) is 0. The van der Waals surface area contributed by atoms with Crippen LogP contribution in [0, 0.1) is 6.92 Å². The molecule has 0 unspecified atom stereocenters. The molecule has 2 N–H and O–H groups in total. The highest BCUT2D eigenvalue weighted by Crippen LogP contribution is 2.25. The minimum atomic E-state index is 0.473. The van der Waals surface area contributed by atoms with Gasteiger partial charge in [0.15, 0.2) is 0 Å². The number of hydrogen-bond acceptors (Lipinski definition) is 3. The van der Waals surface area contributed by atoms with E-state index in [4.69, 9.17) is 18.0 Å². The number of nitrogens with zero attached hydrogens (tertiary/aromatic N) is 1. The van der Waals surface area contributed by atoms with Gasteiger partial charge >= 0.3 is 0 Å². The molecule has 4 heteroatoms. The molecule has 0 atom stereocenters. The maximum Gasteiger partial charge on any atom is 0.103 e. The molecule has 0 aliphatic carbocycles. The number of aryl methyl sites for hydroxylation is 1. The van der Waals surface area contributed by atoms with Crippen molar-refractivity contribution in [1.29, 1.82) is 0 Å². The van der Waals surface area contributed by atoms with Gasteiger partial charge in [-0.15, -0.1) is 11.3 Å². The molecule has 1 aromatic carbocycles. The first-order valence-electron chi connectivity index (χ1n) is 6.80. The summed E-state index contributed by atoms with van der Waals surface area (Å²) in [7, 11) is 0. The maximum absolute atomic E-state index is 5.68. The summed E-state index contributed by atoms with van der Waals surface area (Å²) in [5.41, 5.74) is 10.8. The molecule has 1 aliphatic heterocycles. The summed E-state index contributed by atoms with van der Waals surface area (Å²) in [6.45, 7) is 5.34. The van der Waals surface area contributed by atoms with Crippen LogP contribution in [0.25, 0.3) is 0 Å². The Bertz CT molecular complexity index is 646. The Balaban J connectivity index is 1.74. The lowest BCUT2D eigenvalue weighted by Gasteiger charge is -2.27. The smallest absolute Gasteiger partial charge is 0.103 e. The van der Waals surface area contributed by atoms with Crippen molar-refractivity contribution in [2.24, 2.45) is 5.73 Å². The number of hydrogen-bond donors (Lipinski definition) is 1. The first-order chi connectivity index (χ1) is 9.63. The Labute approximate surface area is 129 Å². The van der Waals surface area contributed by atoms with Crippen molar-refractivity contribution in [3.8, 4) is 0 Å². The number of benzene rings is 1. The first kappa shape index (κ1) is 13.7. The van der Waals surface area contributed by atoms with Gasteiger partial charge in [-0.2, -0.15) is 0 Å². The lowest BCUT2D eigenvalue weighted by Crippen LogP contribution is -2.29. The Morgan fingerprint density at radius 1 is 1.40 bits per heavy atom. The Morgan fingerprint density at radius 2 is 2.25 bits per heavy atom. The van der Waals surface area contributed by atoms with Gasteiger partial charge in [-0.25, -0.2) is 0 Å². The van der Waals surface area contributed by atoms with Crippen LogP contribution >= 0.6 is 23.6 Å². The minimum Gasteiger partial charge on any atom is -0.389 e. The average Bonchev–Trinajstić information content (AvgIpc) is 2.88. The molecule has 0 fully saturated rings. The molecular formula is C16H18N2S2. The standard InChI is InChI=1S/C16H18N2S2/c1-11-8-12(16(17)19)2-3-13(11)9-18-6-4-15-14(10-18)5-7-20-15/h2-3,5,7-8H,4,6,9-10H2,1H3,(H2,17,19). The number of thiophene rings is 1. The van der Waals surface area contributed by atoms with Crippen LogP contribution in [0.5, 0.6) is 0 Å². The van der Waals surface area contributed by atoms with Crippen LogP contribution in [-0.4, -0.2) is 16.4 Å². The fourth-order valence-electron chi connectivity index (χ4n) is 2.71. The molecule has 0 amide bonds. The van der Waals surface area contributed by atoms with Crippen molar-refractivity contribution in [2.45, 2.75) is 26.4 Å². The van der Waals surface area contributed by atoms with Gasteiger partial charge in [0, 0.05) is 30.1 Å². The monoisotopic (exact) mass is 302 g/mol. The van der Waals surface area contributed by atoms with E-state index in [0.717, 1.165) is 25.2 Å². The van der Waals surface area contributed by atoms with E-state index in [1.807, 2.05) is 17.4 Å². The van der Waals surface area contributed by atoms with Gasteiger partial charge in [-0.3, -0.25) is 4.90 Å². The minimum absolute atomic E-state index is 0.473. The third-order valence-corrected chi connectivity index (χ3v) is 5.17. The number of rotatable bonds is 3. The molecule has 2 nitrogen and oxygen atoms in total. The van der Waals surface area contributed by atoms with E-state index in [-0.39, 0.29) is 0 Å². The molecule has 0 bridgehead atoms. The third-order valence-electron chi connectivity index (χ3n) is 3.91. The van der Waals surface area contributed by atoms with E-state index in [1.54, 1.807) is 4.88 Å². The van der Waals surface area contributed by atoms with E-state index in [1.165, 1.54) is 23.1 Å². The van der Waals surface area contributed by atoms with Crippen LogP contribution in [0.2, 0.25) is 0 Å². The van der Waals surface area contributed by atoms with Gasteiger partial charge in [0.25, 0.3) is 0 Å². The Hall–Kier alpha value is -1.23. The molecule has 2 aromatic rings. The summed E-state index contributed by atoms with van der Waals surface area (Å²) in [6, 6.07) is 8.55. The zero-order valence-corrected chi connectivity index (χ0v) is 13.2. The summed E-state index contributed by atoms with van der Waals surface area (Å²) in [5, 5.41) is 2.20. The van der Waals surface area contributed by atoms with Crippen LogP contribution in [0.15, 0.2) is 29.6 Å². The fourth-order valence-corrected chi connectivity index (χ4v) is 3.73. The van der Waals surface area contributed by atoms with Crippen LogP contribution in [-0.2, 0) is 19.5 Å². The Kier molecular flexibility index (Phi) is 3.87. The SMILES string of the molecule is Cc1cc(C(N)=S)ccc1CN1CCc2sccc2C1. The van der Waals surface area contributed by atoms with E-state index in [9.17, 15) is 0 Å². The largest absolute Gasteiger partial charge is 0.389 e. The second-order valence-corrected chi connectivity index (χ2v) is 6.78. The van der Waals surface area contributed by atoms with Gasteiger partial charge in [-0.1, -0.05) is 24.4 Å². The van der Waals surface area contributed by atoms with Crippen molar-refractivity contribution in [3.63, 3.8) is 0 Å². The second-order valence-electron chi connectivity index (χ2n) is 5.34. The fraction of sp³-hybridized carbons (Fsp3) is 0.312. The highest BCUT2D eigenvalue weighted by atomic mass is 32.1. The van der Waals surface area contributed by atoms with E-state index in [0.29, 0.717) is 4.99 Å². The summed E-state index contributed by atoms with van der Waals surface area (Å²) in [4.78, 5) is 4.54. The van der Waals surface area contributed by atoms with Gasteiger partial charge < -0.3 is 5.73 Å². The predicted octanol–water partition coefficient (Wildman–Crippen LogP) is 3.25. The predicted molar refractivity (Wildman–Crippen MR) is 89.2 cm³/mol. The topological polar surface area (TPSA) is 29.3 Å². The molecular weight excluding hydrogens is 284 g/mol. The zero-order valence-electron chi connectivity index (χ0n) is 11.6. The maximum atomic E-state index is 5.68. The summed E-state index contributed by atoms with van der Waals surface area (Å²) >= 11 is 6.92. The molecule has 3 rings (SSSR count). The normalized spacial score (nSPS) is 15.1. The van der Waals surface area contributed by atoms with Gasteiger partial charge in [-0.05, 0) is 47.5 Å². The Morgan fingerprint density at radius 3 is 3.00 bits per heavy atom. The molecule has 20 heavy (non-hydrogen) atoms. The van der Waals surface area contributed by atoms with Gasteiger partial charge in [0.2, 0.25) is 0 Å². The highest BCUT2D eigenvalue weighted by Gasteiger charge is 2.17. The number of nitrogens with two attached hydrogens (primary N) is 1. The first-order valence-corrected chi connectivity index (χ1v) is 8.09. The van der Waals surface area contributed by atoms with Crippen molar-refractivity contribution in [1.82, 2.24) is 4.90 Å². The second kappa shape index (κ2) is 5.64. The van der Waals surface area contributed by atoms with E-state index in [2.05, 4.69) is 35.4 Å². The molecule has 104 valence electrons. The van der Waals surface area contributed by atoms with Crippen LogP contribution in [0.3, 0.4) is 0 Å². The molecule has 0 saturated carbocycles. The lowest BCUT2D eigenvalue weighted by molar-refractivity contribution is 0.247. The van der Waals surface area contributed by atoms with Crippen molar-refractivity contribution < 1.29 is 0 Å². The number of thiocarbonyl (C=S) groups is 1. The molecule has 2 heterocycles. The average molecular weight is 302 g/mol. The van der Waals surface area contributed by atoms with Crippen LogP contribution < -0.4 is 5.73 Å². The molecule has 0 radical (unpaired) electrons. The third kappa shape index (κ3) is 2.77. The van der Waals surface area contributed by atoms with Crippen molar-refractivity contribution in [2.75, 3.05) is 6.54 Å². The van der Waals surface area contributed by atoms with E-state index < -0.39 is 0 Å². The summed E-state index contributed by atoms with van der Waals surface area (Å²) in [6.07, 6.45) is 1.18. The van der Waals surface area contributed by atoms with Crippen molar-refractivity contribution >= 4 is 28.5 Å². The van der Waals surface area contributed by atoms with Gasteiger partial charge in [0.05, 0.1) is 0 Å². The quantitative estimate of drug-likeness (QED) is 0.883. The van der Waals surface area contributed by atoms with Crippen molar-refractivity contribution in [3.05, 3.63) is 56.8 Å². The zero-order chi connectivity index (χ0) is 14.1. The summed E-state index contributed by atoms with van der Waals surface area (Å²) < 4.78 is 0. The molecule has 1 aliphatic rings. The molecule has 0 spiro atoms. The number of fused-ring (bicyclic) bond motifs is 1. The van der Waals surface area contributed by atoms with Crippen LogP contribution in [0.4, 0.5) is 0 Å². The molecule has 1 aromatic heterocycles. The van der Waals surface area contributed by atoms with Gasteiger partial charge in [0.1, 0.15) is 4.99 Å². The highest BCUT2D eigenvalue weighted by molar-refractivity contribution is 7.80.